The van der Waals surface area contributed by atoms with Gasteiger partial charge in [0.1, 0.15) is 5.69 Å². The van der Waals surface area contributed by atoms with E-state index in [0.29, 0.717) is 33.6 Å². The van der Waals surface area contributed by atoms with Crippen LogP contribution in [0.5, 0.6) is 0 Å². The Morgan fingerprint density at radius 2 is 1.52 bits per heavy atom. The normalized spacial score (nSPS) is 10.5. The lowest BCUT2D eigenvalue weighted by molar-refractivity contribution is 0.102. The first kappa shape index (κ1) is 19.9. The second-order valence-electron chi connectivity index (χ2n) is 7.09. The first-order valence-corrected chi connectivity index (χ1v) is 9.77. The maximum atomic E-state index is 13.2. The van der Waals surface area contributed by atoms with Gasteiger partial charge >= 0.3 is 0 Å². The Hall–Kier alpha value is -4.37. The highest BCUT2D eigenvalue weighted by molar-refractivity contribution is 6.09. The number of benzene rings is 3. The molecule has 0 saturated heterocycles. The Labute approximate surface area is 179 Å². The number of amides is 1. The average Bonchev–Trinajstić information content (AvgIpc) is 3.02. The van der Waals surface area contributed by atoms with Crippen molar-refractivity contribution in [3.63, 3.8) is 0 Å². The van der Waals surface area contributed by atoms with Gasteiger partial charge in [0.25, 0.3) is 11.5 Å². The maximum absolute atomic E-state index is 13.2. The van der Waals surface area contributed by atoms with Crippen molar-refractivity contribution in [3.8, 4) is 22.9 Å². The van der Waals surface area contributed by atoms with Crippen molar-refractivity contribution in [2.75, 3.05) is 5.32 Å². The molecule has 0 aliphatic carbocycles. The third kappa shape index (κ3) is 3.53. The number of nitrogens with one attached hydrogen (secondary N) is 1. The van der Waals surface area contributed by atoms with Crippen molar-refractivity contribution in [1.82, 2.24) is 9.36 Å². The molecule has 0 fully saturated rings. The van der Waals surface area contributed by atoms with Crippen LogP contribution in [0.2, 0.25) is 0 Å². The Morgan fingerprint density at radius 3 is 2.23 bits per heavy atom. The minimum Gasteiger partial charge on any atom is -0.316 e. The molecule has 0 aliphatic heterocycles. The fourth-order valence-electron chi connectivity index (χ4n) is 3.62. The molecule has 4 rings (SSSR count). The smallest absolute Gasteiger partial charge is 0.295 e. The van der Waals surface area contributed by atoms with Gasteiger partial charge in [0.15, 0.2) is 0 Å². The van der Waals surface area contributed by atoms with E-state index < -0.39 is 5.91 Å². The SMILES string of the molecule is Cc1c(NC(=O)c2ccccc2-c2ccccc2C#N)c(=O)n(-c2ccccc2)n1C. The molecule has 0 atom stereocenters. The Morgan fingerprint density at radius 1 is 0.903 bits per heavy atom. The summed E-state index contributed by atoms with van der Waals surface area (Å²) in [5, 5.41) is 12.3. The Kier molecular flexibility index (Phi) is 5.25. The molecule has 4 aromatic rings. The van der Waals surface area contributed by atoms with Gasteiger partial charge in [-0.15, -0.1) is 0 Å². The van der Waals surface area contributed by atoms with Crippen LogP contribution in [0, 0.1) is 18.3 Å². The summed E-state index contributed by atoms with van der Waals surface area (Å²) in [6.45, 7) is 1.79. The van der Waals surface area contributed by atoms with E-state index in [9.17, 15) is 14.9 Å². The van der Waals surface area contributed by atoms with Crippen molar-refractivity contribution in [2.45, 2.75) is 6.92 Å². The molecular formula is C25H20N4O2. The number of nitriles is 1. The first-order chi connectivity index (χ1) is 15.0. The second kappa shape index (κ2) is 8.17. The Balaban J connectivity index is 1.77. The number of hydrogen-bond acceptors (Lipinski definition) is 3. The van der Waals surface area contributed by atoms with Crippen LogP contribution in [0.25, 0.3) is 16.8 Å². The van der Waals surface area contributed by atoms with E-state index in [2.05, 4.69) is 11.4 Å². The van der Waals surface area contributed by atoms with Crippen molar-refractivity contribution >= 4 is 11.6 Å². The van der Waals surface area contributed by atoms with E-state index in [1.807, 2.05) is 42.5 Å². The van der Waals surface area contributed by atoms with Crippen LogP contribution in [-0.2, 0) is 7.05 Å². The van der Waals surface area contributed by atoms with Crippen LogP contribution < -0.4 is 10.9 Å². The molecule has 3 aromatic carbocycles. The van der Waals surface area contributed by atoms with Crippen molar-refractivity contribution < 1.29 is 4.79 Å². The lowest BCUT2D eigenvalue weighted by Crippen LogP contribution is -2.23. The summed E-state index contributed by atoms with van der Waals surface area (Å²) < 4.78 is 3.23. The number of hydrogen-bond donors (Lipinski definition) is 1. The molecular weight excluding hydrogens is 388 g/mol. The van der Waals surface area contributed by atoms with Gasteiger partial charge in [0.2, 0.25) is 0 Å². The lowest BCUT2D eigenvalue weighted by Gasteiger charge is -2.11. The highest BCUT2D eigenvalue weighted by Gasteiger charge is 2.21. The Bertz CT molecular complexity index is 1370. The summed E-state index contributed by atoms with van der Waals surface area (Å²) in [4.78, 5) is 26.3. The summed E-state index contributed by atoms with van der Waals surface area (Å²) in [5.41, 5.74) is 3.42. The van der Waals surface area contributed by atoms with Crippen LogP contribution in [0.15, 0.2) is 83.7 Å². The van der Waals surface area contributed by atoms with Crippen molar-refractivity contribution in [2.24, 2.45) is 7.05 Å². The summed E-state index contributed by atoms with van der Waals surface area (Å²) in [6, 6.07) is 25.6. The second-order valence-corrected chi connectivity index (χ2v) is 7.09. The predicted octanol–water partition coefficient (Wildman–Crippen LogP) is 4.28. The number of carbonyl (C=O) groups excluding carboxylic acids is 1. The fourth-order valence-corrected chi connectivity index (χ4v) is 3.62. The summed E-state index contributed by atoms with van der Waals surface area (Å²) in [7, 11) is 1.77. The van der Waals surface area contributed by atoms with Crippen LogP contribution in [0.3, 0.4) is 0 Å². The van der Waals surface area contributed by atoms with Gasteiger partial charge in [-0.1, -0.05) is 54.6 Å². The molecule has 0 spiro atoms. The minimum atomic E-state index is -0.408. The van der Waals surface area contributed by atoms with Crippen LogP contribution in [0.1, 0.15) is 21.6 Å². The van der Waals surface area contributed by atoms with Gasteiger partial charge in [0.05, 0.1) is 23.0 Å². The quantitative estimate of drug-likeness (QED) is 0.547. The monoisotopic (exact) mass is 408 g/mol. The molecule has 152 valence electrons. The summed E-state index contributed by atoms with van der Waals surface area (Å²) in [6.07, 6.45) is 0. The van der Waals surface area contributed by atoms with E-state index in [-0.39, 0.29) is 11.2 Å². The fraction of sp³-hybridized carbons (Fsp3) is 0.0800. The zero-order chi connectivity index (χ0) is 22.0. The maximum Gasteiger partial charge on any atom is 0.295 e. The number of para-hydroxylation sites is 1. The number of aromatic nitrogens is 2. The molecule has 1 amide bonds. The third-order valence-electron chi connectivity index (χ3n) is 5.30. The molecule has 1 aromatic heterocycles. The van der Waals surface area contributed by atoms with E-state index in [0.717, 1.165) is 0 Å². The molecule has 0 radical (unpaired) electrons. The highest BCUT2D eigenvalue weighted by Crippen LogP contribution is 2.27. The molecule has 1 N–H and O–H groups in total. The van der Waals surface area contributed by atoms with E-state index in [1.165, 1.54) is 4.68 Å². The molecule has 1 heterocycles. The third-order valence-corrected chi connectivity index (χ3v) is 5.30. The predicted molar refractivity (Wildman–Crippen MR) is 120 cm³/mol. The first-order valence-electron chi connectivity index (χ1n) is 9.77. The summed E-state index contributed by atoms with van der Waals surface area (Å²) in [5.74, 6) is -0.408. The van der Waals surface area contributed by atoms with Gasteiger partial charge in [0, 0.05) is 18.2 Å². The molecule has 0 unspecified atom stereocenters. The van der Waals surface area contributed by atoms with Gasteiger partial charge in [-0.2, -0.15) is 5.26 Å². The van der Waals surface area contributed by atoms with E-state index >= 15 is 0 Å². The van der Waals surface area contributed by atoms with Gasteiger partial charge in [-0.3, -0.25) is 14.3 Å². The molecule has 0 bridgehead atoms. The molecule has 0 aliphatic rings. The zero-order valence-corrected chi connectivity index (χ0v) is 17.2. The number of rotatable bonds is 4. The minimum absolute atomic E-state index is 0.222. The van der Waals surface area contributed by atoms with E-state index in [1.54, 1.807) is 55.1 Å². The molecule has 6 nitrogen and oxygen atoms in total. The lowest BCUT2D eigenvalue weighted by atomic mass is 9.95. The van der Waals surface area contributed by atoms with Crippen molar-refractivity contribution in [3.05, 3.63) is 106 Å². The van der Waals surface area contributed by atoms with Gasteiger partial charge in [-0.05, 0) is 36.8 Å². The van der Waals surface area contributed by atoms with Crippen LogP contribution >= 0.6 is 0 Å². The van der Waals surface area contributed by atoms with Crippen LogP contribution in [-0.4, -0.2) is 15.3 Å². The zero-order valence-electron chi connectivity index (χ0n) is 17.2. The molecule has 31 heavy (non-hydrogen) atoms. The van der Waals surface area contributed by atoms with Crippen LogP contribution in [0.4, 0.5) is 5.69 Å². The van der Waals surface area contributed by atoms with Crippen molar-refractivity contribution in [1.29, 1.82) is 5.26 Å². The van der Waals surface area contributed by atoms with Gasteiger partial charge in [-0.25, -0.2) is 4.68 Å². The molecule has 6 heteroatoms. The number of nitrogens with zero attached hydrogens (tertiary/aromatic N) is 3. The standard InChI is InChI=1S/C25H20N4O2/c1-17-23(25(31)29(28(17)2)19-11-4-3-5-12-19)27-24(30)22-15-9-8-14-21(22)20-13-7-6-10-18(20)16-26/h3-15H,1-2H3,(H,27,30). The summed E-state index contributed by atoms with van der Waals surface area (Å²) >= 11 is 0. The average molecular weight is 408 g/mol. The van der Waals surface area contributed by atoms with Gasteiger partial charge < -0.3 is 5.32 Å². The largest absolute Gasteiger partial charge is 0.316 e. The highest BCUT2D eigenvalue weighted by atomic mass is 16.2. The topological polar surface area (TPSA) is 79.8 Å². The van der Waals surface area contributed by atoms with E-state index in [4.69, 9.17) is 0 Å². The number of carbonyl (C=O) groups is 1. The number of anilines is 1. The molecule has 0 saturated carbocycles.